The molecule has 0 aliphatic carbocycles. The van der Waals surface area contributed by atoms with E-state index >= 15 is 0 Å². The van der Waals surface area contributed by atoms with Crippen molar-refractivity contribution < 1.29 is 9.53 Å². The van der Waals surface area contributed by atoms with Gasteiger partial charge in [0.2, 0.25) is 11.9 Å². The monoisotopic (exact) mass is 447 g/mol. The van der Waals surface area contributed by atoms with Crippen molar-refractivity contribution in [3.63, 3.8) is 0 Å². The lowest BCUT2D eigenvalue weighted by atomic mass is 10.0. The molecule has 32 heavy (non-hydrogen) atoms. The molecule has 0 bridgehead atoms. The Labute approximate surface area is 190 Å². The van der Waals surface area contributed by atoms with Crippen molar-refractivity contribution in [1.29, 1.82) is 0 Å². The van der Waals surface area contributed by atoms with E-state index < -0.39 is 0 Å². The summed E-state index contributed by atoms with van der Waals surface area (Å²) in [6, 6.07) is 16.2. The van der Waals surface area contributed by atoms with Crippen molar-refractivity contribution in [2.45, 2.75) is 25.7 Å². The number of rotatable bonds is 10. The number of aryl methyl sites for hydroxylation is 1. The second kappa shape index (κ2) is 10.8. The lowest BCUT2D eigenvalue weighted by Crippen LogP contribution is -2.12. The zero-order valence-electron chi connectivity index (χ0n) is 17.7. The molecule has 0 aliphatic heterocycles. The number of nitrogens with two attached hydrogens (primary N) is 1. The SMILES string of the molecule is Nc1ncc(-c2ccc(CCCOCCCC(=O)Nc3nc4ccccc4s3)cc2)cn1. The summed E-state index contributed by atoms with van der Waals surface area (Å²) in [6.07, 6.45) is 6.44. The molecular formula is C24H25N5O2S. The predicted molar refractivity (Wildman–Crippen MR) is 129 cm³/mol. The van der Waals surface area contributed by atoms with E-state index in [0.717, 1.165) is 34.2 Å². The molecule has 0 atom stereocenters. The fraction of sp³-hybridized carbons (Fsp3) is 0.250. The summed E-state index contributed by atoms with van der Waals surface area (Å²) in [4.78, 5) is 24.6. The van der Waals surface area contributed by atoms with Gasteiger partial charge in [-0.2, -0.15) is 0 Å². The van der Waals surface area contributed by atoms with Crippen LogP contribution >= 0.6 is 11.3 Å². The largest absolute Gasteiger partial charge is 0.381 e. The maximum atomic E-state index is 12.1. The average Bonchev–Trinajstić information content (AvgIpc) is 3.21. The van der Waals surface area contributed by atoms with Crippen molar-refractivity contribution in [1.82, 2.24) is 15.0 Å². The first kappa shape index (κ1) is 21.9. The smallest absolute Gasteiger partial charge is 0.226 e. The summed E-state index contributed by atoms with van der Waals surface area (Å²) in [5.41, 5.74) is 9.70. The summed E-state index contributed by atoms with van der Waals surface area (Å²) in [5, 5.41) is 3.52. The van der Waals surface area contributed by atoms with E-state index in [2.05, 4.69) is 44.5 Å². The molecule has 0 aliphatic rings. The molecule has 0 fully saturated rings. The first-order chi connectivity index (χ1) is 15.7. The highest BCUT2D eigenvalue weighted by atomic mass is 32.1. The topological polar surface area (TPSA) is 103 Å². The maximum Gasteiger partial charge on any atom is 0.226 e. The minimum absolute atomic E-state index is 0.0285. The number of ether oxygens (including phenoxy) is 1. The molecule has 0 saturated carbocycles. The first-order valence-electron chi connectivity index (χ1n) is 10.6. The molecule has 8 heteroatoms. The van der Waals surface area contributed by atoms with Crippen LogP contribution in [0.1, 0.15) is 24.8 Å². The Morgan fingerprint density at radius 2 is 1.72 bits per heavy atom. The van der Waals surface area contributed by atoms with Gasteiger partial charge in [-0.3, -0.25) is 4.79 Å². The Balaban J connectivity index is 1.09. The van der Waals surface area contributed by atoms with Crippen LogP contribution in [0.5, 0.6) is 0 Å². The van der Waals surface area contributed by atoms with Gasteiger partial charge >= 0.3 is 0 Å². The van der Waals surface area contributed by atoms with Gasteiger partial charge in [0.25, 0.3) is 0 Å². The number of nitrogen functional groups attached to an aromatic ring is 1. The number of amides is 1. The number of para-hydroxylation sites is 1. The number of nitrogens with one attached hydrogen (secondary N) is 1. The highest BCUT2D eigenvalue weighted by Gasteiger charge is 2.07. The zero-order valence-corrected chi connectivity index (χ0v) is 18.5. The van der Waals surface area contributed by atoms with Crippen molar-refractivity contribution in [2.24, 2.45) is 0 Å². The molecule has 2 heterocycles. The van der Waals surface area contributed by atoms with E-state index in [-0.39, 0.29) is 11.9 Å². The number of benzene rings is 2. The van der Waals surface area contributed by atoms with Crippen molar-refractivity contribution in [3.8, 4) is 11.1 Å². The van der Waals surface area contributed by atoms with Gasteiger partial charge in [0.15, 0.2) is 5.13 Å². The van der Waals surface area contributed by atoms with E-state index in [1.165, 1.54) is 16.9 Å². The second-order valence-electron chi connectivity index (χ2n) is 7.38. The lowest BCUT2D eigenvalue weighted by molar-refractivity contribution is -0.116. The minimum atomic E-state index is -0.0285. The van der Waals surface area contributed by atoms with Crippen molar-refractivity contribution in [3.05, 3.63) is 66.5 Å². The van der Waals surface area contributed by atoms with Gasteiger partial charge in [-0.15, -0.1) is 0 Å². The normalized spacial score (nSPS) is 11.0. The third kappa shape index (κ3) is 6.09. The molecule has 4 rings (SSSR count). The van der Waals surface area contributed by atoms with E-state index in [0.29, 0.717) is 31.2 Å². The fourth-order valence-electron chi connectivity index (χ4n) is 3.27. The molecule has 0 saturated heterocycles. The van der Waals surface area contributed by atoms with Crippen LogP contribution in [0.25, 0.3) is 21.3 Å². The zero-order chi connectivity index (χ0) is 22.2. The summed E-state index contributed by atoms with van der Waals surface area (Å²) in [5.74, 6) is 0.249. The molecule has 4 aromatic rings. The van der Waals surface area contributed by atoms with Gasteiger partial charge < -0.3 is 15.8 Å². The number of carbonyl (C=O) groups is 1. The van der Waals surface area contributed by atoms with Gasteiger partial charge in [0.05, 0.1) is 10.2 Å². The molecule has 3 N–H and O–H groups in total. The lowest BCUT2D eigenvalue weighted by Gasteiger charge is -2.06. The highest BCUT2D eigenvalue weighted by molar-refractivity contribution is 7.22. The Kier molecular flexibility index (Phi) is 7.37. The molecule has 164 valence electrons. The summed E-state index contributed by atoms with van der Waals surface area (Å²) in [6.45, 7) is 1.25. The fourth-order valence-corrected chi connectivity index (χ4v) is 4.16. The third-order valence-electron chi connectivity index (χ3n) is 4.95. The quantitative estimate of drug-likeness (QED) is 0.342. The molecule has 0 radical (unpaired) electrons. The maximum absolute atomic E-state index is 12.1. The van der Waals surface area contributed by atoms with Gasteiger partial charge in [0.1, 0.15) is 0 Å². The number of hydrogen-bond donors (Lipinski definition) is 2. The van der Waals surface area contributed by atoms with Crippen LogP contribution in [0.2, 0.25) is 0 Å². The Bertz CT molecular complexity index is 1130. The van der Waals surface area contributed by atoms with Crippen LogP contribution in [0.3, 0.4) is 0 Å². The molecule has 2 aromatic carbocycles. The van der Waals surface area contributed by atoms with E-state index in [1.807, 2.05) is 24.3 Å². The first-order valence-corrected chi connectivity index (χ1v) is 11.4. The molecule has 0 spiro atoms. The molecule has 7 nitrogen and oxygen atoms in total. The van der Waals surface area contributed by atoms with Crippen LogP contribution in [-0.4, -0.2) is 34.1 Å². The Morgan fingerprint density at radius 3 is 2.50 bits per heavy atom. The van der Waals surface area contributed by atoms with Gasteiger partial charge in [-0.1, -0.05) is 47.7 Å². The average molecular weight is 448 g/mol. The highest BCUT2D eigenvalue weighted by Crippen LogP contribution is 2.25. The number of carbonyl (C=O) groups excluding carboxylic acids is 1. The molecule has 0 unspecified atom stereocenters. The van der Waals surface area contributed by atoms with Gasteiger partial charge in [-0.05, 0) is 42.5 Å². The standard InChI is InChI=1S/C24H25N5O2S/c25-23-26-15-19(16-27-23)18-11-9-17(10-12-18)5-3-13-31-14-4-8-22(30)29-24-28-20-6-1-2-7-21(20)32-24/h1-2,6-7,9-12,15-16H,3-5,8,13-14H2,(H2,25,26,27)(H,28,29,30). The van der Waals surface area contributed by atoms with Crippen LogP contribution < -0.4 is 11.1 Å². The van der Waals surface area contributed by atoms with Gasteiger partial charge in [-0.25, -0.2) is 15.0 Å². The molecule has 2 aromatic heterocycles. The molecular weight excluding hydrogens is 422 g/mol. The van der Waals surface area contributed by atoms with Gasteiger partial charge in [0, 0.05) is 37.6 Å². The van der Waals surface area contributed by atoms with E-state index in [9.17, 15) is 4.79 Å². The van der Waals surface area contributed by atoms with Crippen LogP contribution in [0, 0.1) is 0 Å². The van der Waals surface area contributed by atoms with E-state index in [1.54, 1.807) is 12.4 Å². The molecule has 1 amide bonds. The predicted octanol–water partition coefficient (Wildman–Crippen LogP) is 4.70. The number of hydrogen-bond acceptors (Lipinski definition) is 7. The van der Waals surface area contributed by atoms with Crippen LogP contribution in [0.15, 0.2) is 60.9 Å². The van der Waals surface area contributed by atoms with Crippen molar-refractivity contribution in [2.75, 3.05) is 24.3 Å². The number of thiazole rings is 1. The minimum Gasteiger partial charge on any atom is -0.381 e. The van der Waals surface area contributed by atoms with Crippen molar-refractivity contribution >= 4 is 38.5 Å². The summed E-state index contributed by atoms with van der Waals surface area (Å²) >= 11 is 1.49. The summed E-state index contributed by atoms with van der Waals surface area (Å²) < 4.78 is 6.76. The number of aromatic nitrogens is 3. The van der Waals surface area contributed by atoms with Crippen LogP contribution in [0.4, 0.5) is 11.1 Å². The van der Waals surface area contributed by atoms with Crippen LogP contribution in [-0.2, 0) is 16.0 Å². The third-order valence-corrected chi connectivity index (χ3v) is 5.90. The Morgan fingerprint density at radius 1 is 0.969 bits per heavy atom. The van der Waals surface area contributed by atoms with E-state index in [4.69, 9.17) is 10.5 Å². The second-order valence-corrected chi connectivity index (χ2v) is 8.41. The number of anilines is 2. The number of fused-ring (bicyclic) bond motifs is 1. The summed E-state index contributed by atoms with van der Waals surface area (Å²) in [7, 11) is 0. The number of nitrogens with zero attached hydrogens (tertiary/aromatic N) is 3. The Hall–Kier alpha value is -3.36.